The first-order valence-electron chi connectivity index (χ1n) is 9.09. The van der Waals surface area contributed by atoms with Crippen LogP contribution in [-0.4, -0.2) is 22.4 Å². The fraction of sp³-hybridized carbons (Fsp3) is 0. The van der Waals surface area contributed by atoms with Crippen LogP contribution in [0.5, 0.6) is 0 Å². The molecule has 3 aliphatic rings. The van der Waals surface area contributed by atoms with Gasteiger partial charge in [-0.3, -0.25) is 9.79 Å². The minimum absolute atomic E-state index is 0.0849. The van der Waals surface area contributed by atoms with Crippen molar-refractivity contribution >= 4 is 29.4 Å². The van der Waals surface area contributed by atoms with Crippen LogP contribution in [0.15, 0.2) is 106 Å². The van der Waals surface area contributed by atoms with Gasteiger partial charge in [-0.15, -0.1) is 4.59 Å². The molecule has 0 saturated heterocycles. The summed E-state index contributed by atoms with van der Waals surface area (Å²) in [6.07, 6.45) is 11.1. The largest absolute Gasteiger partial charge is 0.289 e. The summed E-state index contributed by atoms with van der Waals surface area (Å²) in [4.78, 5) is 21.8. The summed E-state index contributed by atoms with van der Waals surface area (Å²) in [5.74, 6) is 7.20. The fourth-order valence-corrected chi connectivity index (χ4v) is 3.78. The van der Waals surface area contributed by atoms with Gasteiger partial charge in [-0.05, 0) is 12.1 Å². The average molecular weight is 400 g/mol. The molecule has 5 rings (SSSR count). The van der Waals surface area contributed by atoms with Crippen LogP contribution in [0.25, 0.3) is 0 Å². The van der Waals surface area contributed by atoms with E-state index in [9.17, 15) is 4.79 Å². The highest BCUT2D eigenvalue weighted by Crippen LogP contribution is 2.37. The molecule has 1 atom stereocenters. The zero-order valence-electron chi connectivity index (χ0n) is 15.3. The molecule has 0 saturated carbocycles. The summed E-state index contributed by atoms with van der Waals surface area (Å²) in [5.41, 5.74) is 4.35. The Morgan fingerprint density at radius 1 is 1.07 bits per heavy atom. The number of fused-ring (bicyclic) bond motifs is 1. The minimum Gasteiger partial charge on any atom is -0.289 e. The second-order valence-electron chi connectivity index (χ2n) is 6.89. The van der Waals surface area contributed by atoms with Gasteiger partial charge in [0.1, 0.15) is 11.9 Å². The van der Waals surface area contributed by atoms with E-state index in [1.807, 2.05) is 36.4 Å². The van der Waals surface area contributed by atoms with Gasteiger partial charge >= 0.3 is 0 Å². The molecule has 1 unspecified atom stereocenters. The van der Waals surface area contributed by atoms with Crippen LogP contribution in [0.1, 0.15) is 21.5 Å². The van der Waals surface area contributed by atoms with Gasteiger partial charge in [0.05, 0.1) is 23.0 Å². The number of nitrogens with two attached hydrogens (primary N) is 1. The molecule has 0 bridgehead atoms. The van der Waals surface area contributed by atoms with E-state index in [0.29, 0.717) is 27.5 Å². The van der Waals surface area contributed by atoms with Crippen molar-refractivity contribution in [3.05, 3.63) is 118 Å². The Morgan fingerprint density at radius 2 is 1.86 bits per heavy atom. The van der Waals surface area contributed by atoms with Crippen molar-refractivity contribution in [2.75, 3.05) is 0 Å². The number of ketones is 1. The quantitative estimate of drug-likeness (QED) is 0.473. The maximum atomic E-state index is 12.7. The maximum Gasteiger partial charge on any atom is 0.266 e. The standard InChI is InChI=1S/C23H16ClN4O/c24-19-13-17(22(29)16-5-2-1-3-6-16)9-10-18(19)23-27-21(15-7-4-8-15)20-14-26-11-12-28(20,23)25/h1-14H,25H2/q+1. The van der Waals surface area contributed by atoms with Gasteiger partial charge in [0, 0.05) is 16.7 Å². The number of rotatable bonds is 4. The Hall–Kier alpha value is -3.38. The van der Waals surface area contributed by atoms with Crippen LogP contribution in [0, 0.1) is 0 Å². The minimum atomic E-state index is -0.115. The third kappa shape index (κ3) is 2.76. The number of carbonyl (C=O) groups excluding carboxylic acids is 1. The number of nitrogens with zero attached hydrogens (tertiary/aromatic N) is 3. The second-order valence-corrected chi connectivity index (χ2v) is 7.30. The number of quaternary nitrogens is 1. The topological polar surface area (TPSA) is 67.8 Å². The Bertz CT molecular complexity index is 1230. The number of halogens is 1. The van der Waals surface area contributed by atoms with Crippen LogP contribution in [0.2, 0.25) is 5.02 Å². The van der Waals surface area contributed by atoms with Crippen molar-refractivity contribution in [2.45, 2.75) is 0 Å². The lowest BCUT2D eigenvalue weighted by Crippen LogP contribution is -2.53. The number of allylic oxidation sites excluding steroid dienone is 4. The van der Waals surface area contributed by atoms with Crippen molar-refractivity contribution < 1.29 is 9.39 Å². The lowest BCUT2D eigenvalue weighted by Gasteiger charge is -2.26. The van der Waals surface area contributed by atoms with E-state index < -0.39 is 0 Å². The smallest absolute Gasteiger partial charge is 0.266 e. The predicted molar refractivity (Wildman–Crippen MR) is 114 cm³/mol. The SMILES string of the molecule is N[N+]12C=CN=CC1=C(C1=CC=C1)N=C2c1ccc(C(=O)c2ccccc2)cc1Cl. The molecule has 1 aliphatic carbocycles. The van der Waals surface area contributed by atoms with Gasteiger partial charge in [-0.2, -0.15) is 10.8 Å². The first kappa shape index (κ1) is 17.7. The number of hydrogen-bond donors (Lipinski definition) is 1. The average Bonchev–Trinajstić information content (AvgIpc) is 2.99. The fourth-order valence-electron chi connectivity index (χ4n) is 3.52. The van der Waals surface area contributed by atoms with E-state index in [0.717, 1.165) is 17.0 Å². The molecule has 6 heteroatoms. The molecule has 5 nitrogen and oxygen atoms in total. The van der Waals surface area contributed by atoms with Crippen LogP contribution < -0.4 is 5.84 Å². The normalized spacial score (nSPS) is 21.6. The van der Waals surface area contributed by atoms with Crippen molar-refractivity contribution in [1.29, 1.82) is 0 Å². The number of aliphatic imine (C=N–C) groups is 2. The van der Waals surface area contributed by atoms with Crippen molar-refractivity contribution in [3.8, 4) is 0 Å². The first-order chi connectivity index (χ1) is 14.1. The zero-order valence-corrected chi connectivity index (χ0v) is 16.0. The number of benzene rings is 2. The van der Waals surface area contributed by atoms with E-state index in [4.69, 9.17) is 22.4 Å². The molecular formula is C23H16ClN4O+. The highest BCUT2D eigenvalue weighted by atomic mass is 35.5. The molecule has 140 valence electrons. The third-order valence-electron chi connectivity index (χ3n) is 5.13. The molecule has 2 N–H and O–H groups in total. The van der Waals surface area contributed by atoms with Gasteiger partial charge in [-0.1, -0.05) is 66.2 Å². The summed E-state index contributed by atoms with van der Waals surface area (Å²) in [6.45, 7) is 0. The van der Waals surface area contributed by atoms with Crippen LogP contribution >= 0.6 is 11.6 Å². The summed E-state index contributed by atoms with van der Waals surface area (Å²) in [6, 6.07) is 14.3. The Balaban J connectivity index is 1.56. The highest BCUT2D eigenvalue weighted by molar-refractivity contribution is 6.34. The summed E-state index contributed by atoms with van der Waals surface area (Å²) >= 11 is 6.61. The second kappa shape index (κ2) is 6.60. The molecule has 2 aromatic carbocycles. The number of carbonyl (C=O) groups is 1. The molecule has 29 heavy (non-hydrogen) atoms. The van der Waals surface area contributed by atoms with E-state index in [1.54, 1.807) is 48.9 Å². The Kier molecular flexibility index (Phi) is 4.03. The molecular weight excluding hydrogens is 384 g/mol. The first-order valence-corrected chi connectivity index (χ1v) is 9.46. The van der Waals surface area contributed by atoms with Crippen LogP contribution in [0.3, 0.4) is 0 Å². The highest BCUT2D eigenvalue weighted by Gasteiger charge is 2.45. The van der Waals surface area contributed by atoms with E-state index in [1.165, 1.54) is 0 Å². The number of amidine groups is 1. The van der Waals surface area contributed by atoms with Gasteiger partial charge in [0.15, 0.2) is 5.78 Å². The van der Waals surface area contributed by atoms with Crippen molar-refractivity contribution in [3.63, 3.8) is 0 Å². The van der Waals surface area contributed by atoms with Crippen molar-refractivity contribution in [1.82, 2.24) is 0 Å². The molecule has 0 spiro atoms. The molecule has 2 aromatic rings. The molecule has 2 aliphatic heterocycles. The number of hydrogen-bond acceptors (Lipinski definition) is 4. The Morgan fingerprint density at radius 3 is 2.55 bits per heavy atom. The lowest BCUT2D eigenvalue weighted by molar-refractivity contribution is -0.750. The zero-order chi connectivity index (χ0) is 20.0. The van der Waals surface area contributed by atoms with Crippen LogP contribution in [0.4, 0.5) is 0 Å². The van der Waals surface area contributed by atoms with Gasteiger partial charge < -0.3 is 0 Å². The van der Waals surface area contributed by atoms with Crippen molar-refractivity contribution in [2.24, 2.45) is 15.8 Å². The molecule has 0 radical (unpaired) electrons. The Labute approximate surface area is 172 Å². The maximum absolute atomic E-state index is 12.7. The molecule has 2 heterocycles. The lowest BCUT2D eigenvalue weighted by atomic mass is 10.0. The van der Waals surface area contributed by atoms with E-state index in [2.05, 4.69) is 4.99 Å². The van der Waals surface area contributed by atoms with Gasteiger partial charge in [-0.25, -0.2) is 0 Å². The third-order valence-corrected chi connectivity index (χ3v) is 5.44. The summed E-state index contributed by atoms with van der Waals surface area (Å²) in [5, 5.41) is 0.420. The molecule has 0 amide bonds. The molecule has 0 aromatic heterocycles. The monoisotopic (exact) mass is 399 g/mol. The predicted octanol–water partition coefficient (Wildman–Crippen LogP) is 4.29. The van der Waals surface area contributed by atoms with E-state index >= 15 is 0 Å². The molecule has 0 fully saturated rings. The van der Waals surface area contributed by atoms with E-state index in [-0.39, 0.29) is 10.4 Å². The van der Waals surface area contributed by atoms with Gasteiger partial charge in [0.25, 0.3) is 5.84 Å². The summed E-state index contributed by atoms with van der Waals surface area (Å²) in [7, 11) is 0. The summed E-state index contributed by atoms with van der Waals surface area (Å²) < 4.78 is -0.115. The van der Waals surface area contributed by atoms with Gasteiger partial charge in [0.2, 0.25) is 5.70 Å². The van der Waals surface area contributed by atoms with Crippen LogP contribution in [-0.2, 0) is 0 Å².